The molecule has 0 atom stereocenters. The van der Waals surface area contributed by atoms with Gasteiger partial charge in [-0.25, -0.2) is 4.68 Å². The summed E-state index contributed by atoms with van der Waals surface area (Å²) in [5.74, 6) is 0. The Morgan fingerprint density at radius 3 is 2.48 bits per heavy atom. The number of hydrogen-bond donors (Lipinski definition) is 0. The summed E-state index contributed by atoms with van der Waals surface area (Å²) in [6, 6.07) is 9.00. The zero-order chi connectivity index (χ0) is 16.2. The molecule has 1 saturated heterocycles. The molecule has 2 heterocycles. The number of benzene rings is 1. The van der Waals surface area contributed by atoms with Crippen LogP contribution in [0.4, 0.5) is 5.69 Å². The van der Waals surface area contributed by atoms with E-state index in [2.05, 4.69) is 46.2 Å². The van der Waals surface area contributed by atoms with E-state index < -0.39 is 0 Å². The van der Waals surface area contributed by atoms with Crippen LogP contribution in [0.15, 0.2) is 24.3 Å². The molecule has 0 unspecified atom stereocenters. The summed E-state index contributed by atoms with van der Waals surface area (Å²) < 4.78 is 2.74. The maximum absolute atomic E-state index is 5.33. The van der Waals surface area contributed by atoms with Gasteiger partial charge in [0.1, 0.15) is 5.01 Å². The zero-order valence-corrected chi connectivity index (χ0v) is 15.5. The predicted octanol–water partition coefficient (Wildman–Crippen LogP) is 4.06. The molecule has 124 valence electrons. The molecule has 0 amide bonds. The number of hydrogen-bond acceptors (Lipinski definition) is 5. The largest absolute Gasteiger partial charge is 0.372 e. The summed E-state index contributed by atoms with van der Waals surface area (Å²) >= 11 is 6.90. The Balaban J connectivity index is 1.59. The third-order valence-corrected chi connectivity index (χ3v) is 5.42. The topological polar surface area (TPSA) is 24.3 Å². The van der Waals surface area contributed by atoms with Crippen LogP contribution in [-0.4, -0.2) is 34.8 Å². The van der Waals surface area contributed by atoms with Crippen LogP contribution in [0.5, 0.6) is 0 Å². The first-order chi connectivity index (χ1) is 11.1. The predicted molar refractivity (Wildman–Crippen MR) is 99.6 cm³/mol. The van der Waals surface area contributed by atoms with Gasteiger partial charge in [-0.1, -0.05) is 23.5 Å². The molecule has 23 heavy (non-hydrogen) atoms. The number of piperidine rings is 1. The first-order valence-corrected chi connectivity index (χ1v) is 9.41. The highest BCUT2D eigenvalue weighted by atomic mass is 32.1. The number of aromatic nitrogens is 2. The standard InChI is InChI=1S/C17H24N4S2/c1-14-18-21(17(22)23-14)13-19(2)12-15-6-8-16(9-7-15)20-10-4-3-5-11-20/h6-9H,3-5,10-13H2,1-2H3. The second-order valence-electron chi connectivity index (χ2n) is 6.26. The van der Waals surface area contributed by atoms with Crippen molar-refractivity contribution < 1.29 is 0 Å². The molecule has 0 bridgehead atoms. The molecule has 0 aliphatic carbocycles. The Bertz CT molecular complexity index is 683. The number of anilines is 1. The Labute approximate surface area is 147 Å². The fourth-order valence-electron chi connectivity index (χ4n) is 3.05. The van der Waals surface area contributed by atoms with Gasteiger partial charge in [-0.05, 0) is 63.1 Å². The summed E-state index contributed by atoms with van der Waals surface area (Å²) in [5.41, 5.74) is 2.68. The van der Waals surface area contributed by atoms with Crippen LogP contribution in [0.1, 0.15) is 29.8 Å². The third kappa shape index (κ3) is 4.40. The minimum atomic E-state index is 0.733. The number of aryl methyl sites for hydroxylation is 1. The third-order valence-electron chi connectivity index (χ3n) is 4.19. The van der Waals surface area contributed by atoms with E-state index in [0.717, 1.165) is 22.2 Å². The van der Waals surface area contributed by atoms with Gasteiger partial charge in [-0.3, -0.25) is 4.90 Å². The maximum atomic E-state index is 5.33. The molecule has 1 aromatic carbocycles. The Morgan fingerprint density at radius 1 is 1.17 bits per heavy atom. The molecular weight excluding hydrogens is 324 g/mol. The van der Waals surface area contributed by atoms with Gasteiger partial charge in [-0.2, -0.15) is 5.10 Å². The molecule has 1 aliphatic rings. The van der Waals surface area contributed by atoms with Crippen molar-refractivity contribution in [3.8, 4) is 0 Å². The van der Waals surface area contributed by atoms with Gasteiger partial charge >= 0.3 is 0 Å². The molecule has 1 aliphatic heterocycles. The van der Waals surface area contributed by atoms with Gasteiger partial charge in [-0.15, -0.1) is 0 Å². The normalized spacial score (nSPS) is 15.3. The summed E-state index contributed by atoms with van der Waals surface area (Å²) in [6.45, 7) is 6.02. The van der Waals surface area contributed by atoms with Gasteiger partial charge in [0, 0.05) is 25.3 Å². The van der Waals surface area contributed by atoms with Crippen molar-refractivity contribution in [2.24, 2.45) is 0 Å². The molecule has 1 fully saturated rings. The van der Waals surface area contributed by atoms with Gasteiger partial charge < -0.3 is 4.90 Å². The minimum absolute atomic E-state index is 0.733. The van der Waals surface area contributed by atoms with Crippen LogP contribution >= 0.6 is 23.6 Å². The monoisotopic (exact) mass is 348 g/mol. The summed E-state index contributed by atoms with van der Waals surface area (Å²) in [4.78, 5) is 4.74. The maximum Gasteiger partial charge on any atom is 0.180 e. The van der Waals surface area contributed by atoms with E-state index in [0.29, 0.717) is 0 Å². The summed E-state index contributed by atoms with van der Waals surface area (Å²) in [5, 5.41) is 5.47. The van der Waals surface area contributed by atoms with Crippen molar-refractivity contribution >= 4 is 29.2 Å². The van der Waals surface area contributed by atoms with Gasteiger partial charge in [0.05, 0.1) is 6.67 Å². The number of rotatable bonds is 5. The Hall–Kier alpha value is -1.24. The highest BCUT2D eigenvalue weighted by molar-refractivity contribution is 7.73. The van der Waals surface area contributed by atoms with Crippen molar-refractivity contribution in [3.05, 3.63) is 38.8 Å². The fraction of sp³-hybridized carbons (Fsp3) is 0.529. The molecule has 0 spiro atoms. The molecule has 0 saturated carbocycles. The SMILES string of the molecule is Cc1nn(CN(C)Cc2ccc(N3CCCCC3)cc2)c(=S)s1. The average Bonchev–Trinajstić information content (AvgIpc) is 2.86. The van der Waals surface area contributed by atoms with Crippen LogP contribution in [0.25, 0.3) is 0 Å². The molecule has 6 heteroatoms. The van der Waals surface area contributed by atoms with Crippen LogP contribution < -0.4 is 4.90 Å². The molecule has 1 aromatic heterocycles. The molecule has 4 nitrogen and oxygen atoms in total. The Kier molecular flexibility index (Phi) is 5.46. The van der Waals surface area contributed by atoms with Crippen LogP contribution in [0.3, 0.4) is 0 Å². The van der Waals surface area contributed by atoms with E-state index in [-0.39, 0.29) is 0 Å². The van der Waals surface area contributed by atoms with Crippen LogP contribution in [0.2, 0.25) is 0 Å². The van der Waals surface area contributed by atoms with Crippen molar-refractivity contribution in [2.75, 3.05) is 25.0 Å². The lowest BCUT2D eigenvalue weighted by molar-refractivity contribution is 0.245. The first kappa shape index (κ1) is 16.6. The van der Waals surface area contributed by atoms with E-state index in [1.807, 2.05) is 11.6 Å². The zero-order valence-electron chi connectivity index (χ0n) is 13.9. The highest BCUT2D eigenvalue weighted by Gasteiger charge is 2.11. The molecular formula is C17H24N4S2. The van der Waals surface area contributed by atoms with E-state index in [1.165, 1.54) is 43.6 Å². The second kappa shape index (κ2) is 7.55. The van der Waals surface area contributed by atoms with Crippen LogP contribution in [-0.2, 0) is 13.2 Å². The van der Waals surface area contributed by atoms with Crippen molar-refractivity contribution in [1.82, 2.24) is 14.7 Å². The van der Waals surface area contributed by atoms with E-state index in [1.54, 1.807) is 11.3 Å². The van der Waals surface area contributed by atoms with E-state index >= 15 is 0 Å². The summed E-state index contributed by atoms with van der Waals surface area (Å²) in [7, 11) is 2.11. The quantitative estimate of drug-likeness (QED) is 0.761. The summed E-state index contributed by atoms with van der Waals surface area (Å²) in [6.07, 6.45) is 4.01. The van der Waals surface area contributed by atoms with Gasteiger partial charge in [0.15, 0.2) is 3.95 Å². The smallest absolute Gasteiger partial charge is 0.180 e. The average molecular weight is 349 g/mol. The molecule has 0 N–H and O–H groups in total. The Morgan fingerprint density at radius 2 is 1.87 bits per heavy atom. The molecule has 0 radical (unpaired) electrons. The van der Waals surface area contributed by atoms with Gasteiger partial charge in [0.25, 0.3) is 0 Å². The minimum Gasteiger partial charge on any atom is -0.372 e. The van der Waals surface area contributed by atoms with Crippen molar-refractivity contribution in [2.45, 2.75) is 39.4 Å². The first-order valence-electron chi connectivity index (χ1n) is 8.19. The highest BCUT2D eigenvalue weighted by Crippen LogP contribution is 2.20. The number of nitrogens with zero attached hydrogens (tertiary/aromatic N) is 4. The lowest BCUT2D eigenvalue weighted by Crippen LogP contribution is -2.29. The second-order valence-corrected chi connectivity index (χ2v) is 8.08. The van der Waals surface area contributed by atoms with Crippen LogP contribution in [0, 0.1) is 10.9 Å². The fourth-order valence-corrected chi connectivity index (χ4v) is 4.11. The molecule has 2 aromatic rings. The van der Waals surface area contributed by atoms with Crippen molar-refractivity contribution in [1.29, 1.82) is 0 Å². The van der Waals surface area contributed by atoms with E-state index in [9.17, 15) is 0 Å². The van der Waals surface area contributed by atoms with Gasteiger partial charge in [0.2, 0.25) is 0 Å². The lowest BCUT2D eigenvalue weighted by Gasteiger charge is -2.29. The van der Waals surface area contributed by atoms with E-state index in [4.69, 9.17) is 12.2 Å². The lowest BCUT2D eigenvalue weighted by atomic mass is 10.1. The van der Waals surface area contributed by atoms with Crippen molar-refractivity contribution in [3.63, 3.8) is 0 Å². The molecule has 3 rings (SSSR count).